The van der Waals surface area contributed by atoms with E-state index in [0.717, 1.165) is 19.3 Å². The van der Waals surface area contributed by atoms with Crippen LogP contribution in [0.3, 0.4) is 0 Å². The van der Waals surface area contributed by atoms with Crippen molar-refractivity contribution in [3.63, 3.8) is 0 Å². The summed E-state index contributed by atoms with van der Waals surface area (Å²) in [6, 6.07) is 0.778. The number of aryl methyl sites for hydroxylation is 1. The first kappa shape index (κ1) is 14.6. The summed E-state index contributed by atoms with van der Waals surface area (Å²) in [5.41, 5.74) is 0.184. The van der Waals surface area contributed by atoms with Crippen LogP contribution in [0, 0.1) is 12.8 Å². The number of aromatic nitrogens is 1. The Hall–Kier alpha value is -1.85. The van der Waals surface area contributed by atoms with E-state index in [0.29, 0.717) is 24.6 Å². The Morgan fingerprint density at radius 1 is 1.45 bits per heavy atom. The largest absolute Gasteiger partial charge is 0.480 e. The maximum Gasteiger partial charge on any atom is 0.326 e. The van der Waals surface area contributed by atoms with Gasteiger partial charge in [-0.15, -0.1) is 0 Å². The standard InChI is InChI=1S/C14H20N2O4/c1-3-10-4-5-12(14(18)19)16(7-6-10)13(17)11-8-9(2)20-15-11/h8,10,12H,3-7H2,1-2H3,(H,18,19). The van der Waals surface area contributed by atoms with Crippen molar-refractivity contribution in [1.29, 1.82) is 0 Å². The Morgan fingerprint density at radius 3 is 2.75 bits per heavy atom. The molecule has 110 valence electrons. The first-order valence-corrected chi connectivity index (χ1v) is 7.00. The number of likely N-dealkylation sites (tertiary alicyclic amines) is 1. The van der Waals surface area contributed by atoms with E-state index >= 15 is 0 Å². The highest BCUT2D eigenvalue weighted by molar-refractivity contribution is 5.95. The SMILES string of the molecule is CCC1CCC(C(=O)O)N(C(=O)c2cc(C)on2)CC1. The van der Waals surface area contributed by atoms with Crippen LogP contribution in [0.2, 0.25) is 0 Å². The van der Waals surface area contributed by atoms with Crippen molar-refractivity contribution in [3.05, 3.63) is 17.5 Å². The van der Waals surface area contributed by atoms with Gasteiger partial charge in [-0.1, -0.05) is 18.5 Å². The molecule has 1 aliphatic rings. The second kappa shape index (κ2) is 6.07. The smallest absolute Gasteiger partial charge is 0.326 e. The summed E-state index contributed by atoms with van der Waals surface area (Å²) in [6.07, 6.45) is 3.19. The van der Waals surface area contributed by atoms with Crippen LogP contribution in [0.1, 0.15) is 48.9 Å². The molecular weight excluding hydrogens is 260 g/mol. The molecule has 2 atom stereocenters. The summed E-state index contributed by atoms with van der Waals surface area (Å²) in [7, 11) is 0. The summed E-state index contributed by atoms with van der Waals surface area (Å²) in [5, 5.41) is 13.1. The van der Waals surface area contributed by atoms with E-state index in [-0.39, 0.29) is 11.6 Å². The number of hydrogen-bond acceptors (Lipinski definition) is 4. The Kier molecular flexibility index (Phi) is 4.42. The lowest BCUT2D eigenvalue weighted by molar-refractivity contribution is -0.142. The van der Waals surface area contributed by atoms with Gasteiger partial charge in [0.25, 0.3) is 5.91 Å². The third kappa shape index (κ3) is 3.00. The predicted molar refractivity (Wildman–Crippen MR) is 71.3 cm³/mol. The molecule has 1 saturated heterocycles. The molecule has 0 saturated carbocycles. The summed E-state index contributed by atoms with van der Waals surface area (Å²) < 4.78 is 4.90. The number of carbonyl (C=O) groups excluding carboxylic acids is 1. The van der Waals surface area contributed by atoms with Crippen molar-refractivity contribution in [2.24, 2.45) is 5.92 Å². The fraction of sp³-hybridized carbons (Fsp3) is 0.643. The summed E-state index contributed by atoms with van der Waals surface area (Å²) in [4.78, 5) is 25.3. The molecule has 0 bridgehead atoms. The quantitative estimate of drug-likeness (QED) is 0.916. The second-order valence-electron chi connectivity index (χ2n) is 5.32. The molecule has 0 aliphatic carbocycles. The molecule has 2 heterocycles. The van der Waals surface area contributed by atoms with E-state index in [1.165, 1.54) is 4.90 Å². The van der Waals surface area contributed by atoms with E-state index in [4.69, 9.17) is 4.52 Å². The van der Waals surface area contributed by atoms with Gasteiger partial charge in [0.2, 0.25) is 0 Å². The van der Waals surface area contributed by atoms with Gasteiger partial charge in [0.1, 0.15) is 11.8 Å². The lowest BCUT2D eigenvalue weighted by Gasteiger charge is -2.25. The minimum atomic E-state index is -0.949. The second-order valence-corrected chi connectivity index (χ2v) is 5.32. The number of amides is 1. The average molecular weight is 280 g/mol. The fourth-order valence-corrected chi connectivity index (χ4v) is 2.69. The van der Waals surface area contributed by atoms with Crippen LogP contribution >= 0.6 is 0 Å². The van der Waals surface area contributed by atoms with Crippen molar-refractivity contribution in [3.8, 4) is 0 Å². The van der Waals surface area contributed by atoms with Gasteiger partial charge >= 0.3 is 5.97 Å². The molecule has 0 aromatic carbocycles. The zero-order valence-electron chi connectivity index (χ0n) is 11.8. The molecule has 1 aromatic heterocycles. The molecule has 6 heteroatoms. The Balaban J connectivity index is 2.21. The van der Waals surface area contributed by atoms with Crippen LogP contribution in [-0.2, 0) is 4.79 Å². The van der Waals surface area contributed by atoms with Gasteiger partial charge in [-0.05, 0) is 32.1 Å². The minimum absolute atomic E-state index is 0.184. The normalized spacial score (nSPS) is 23.4. The van der Waals surface area contributed by atoms with E-state index in [2.05, 4.69) is 12.1 Å². The third-order valence-corrected chi connectivity index (χ3v) is 3.97. The maximum absolute atomic E-state index is 12.4. The zero-order valence-corrected chi connectivity index (χ0v) is 11.8. The van der Waals surface area contributed by atoms with Gasteiger partial charge in [0, 0.05) is 12.6 Å². The van der Waals surface area contributed by atoms with Gasteiger partial charge in [0.05, 0.1) is 0 Å². The van der Waals surface area contributed by atoms with E-state index in [1.807, 2.05) is 0 Å². The van der Waals surface area contributed by atoms with Crippen molar-refractivity contribution in [1.82, 2.24) is 10.1 Å². The molecule has 0 spiro atoms. The number of hydrogen-bond donors (Lipinski definition) is 1. The van der Waals surface area contributed by atoms with Crippen LogP contribution < -0.4 is 0 Å². The van der Waals surface area contributed by atoms with Gasteiger partial charge < -0.3 is 14.5 Å². The minimum Gasteiger partial charge on any atom is -0.480 e. The van der Waals surface area contributed by atoms with Gasteiger partial charge in [-0.25, -0.2) is 4.79 Å². The van der Waals surface area contributed by atoms with Crippen LogP contribution in [0.25, 0.3) is 0 Å². The number of nitrogens with zero attached hydrogens (tertiary/aromatic N) is 2. The number of aliphatic carboxylic acids is 1. The molecule has 2 rings (SSSR count). The van der Waals surface area contributed by atoms with Gasteiger partial charge in [-0.2, -0.15) is 0 Å². The number of carboxylic acids is 1. The van der Waals surface area contributed by atoms with E-state index < -0.39 is 12.0 Å². The summed E-state index contributed by atoms with van der Waals surface area (Å²) in [6.45, 7) is 4.26. The molecule has 1 aromatic rings. The zero-order chi connectivity index (χ0) is 14.7. The maximum atomic E-state index is 12.4. The molecule has 1 aliphatic heterocycles. The molecule has 6 nitrogen and oxygen atoms in total. The van der Waals surface area contributed by atoms with Crippen molar-refractivity contribution in [2.75, 3.05) is 6.54 Å². The topological polar surface area (TPSA) is 83.6 Å². The molecule has 20 heavy (non-hydrogen) atoms. The van der Waals surface area contributed by atoms with E-state index in [9.17, 15) is 14.7 Å². The number of carboxylic acid groups (broad SMARTS) is 1. The Labute approximate surface area is 117 Å². The average Bonchev–Trinajstić information content (AvgIpc) is 2.73. The van der Waals surface area contributed by atoms with Crippen LogP contribution in [0.5, 0.6) is 0 Å². The number of rotatable bonds is 3. The first-order chi connectivity index (χ1) is 9.52. The summed E-state index contributed by atoms with van der Waals surface area (Å²) >= 11 is 0. The molecular formula is C14H20N2O4. The molecule has 1 N–H and O–H groups in total. The monoisotopic (exact) mass is 280 g/mol. The van der Waals surface area contributed by atoms with Crippen molar-refractivity contribution < 1.29 is 19.2 Å². The van der Waals surface area contributed by atoms with Crippen molar-refractivity contribution >= 4 is 11.9 Å². The first-order valence-electron chi connectivity index (χ1n) is 7.00. The molecule has 1 fully saturated rings. The highest BCUT2D eigenvalue weighted by atomic mass is 16.5. The summed E-state index contributed by atoms with van der Waals surface area (Å²) in [5.74, 6) is -0.281. The van der Waals surface area contributed by atoms with E-state index in [1.54, 1.807) is 13.0 Å². The lowest BCUT2D eigenvalue weighted by Crippen LogP contribution is -2.44. The predicted octanol–water partition coefficient (Wildman–Crippen LogP) is 2.09. The van der Waals surface area contributed by atoms with Gasteiger partial charge in [-0.3, -0.25) is 4.79 Å². The van der Waals surface area contributed by atoms with Crippen LogP contribution in [0.4, 0.5) is 0 Å². The Morgan fingerprint density at radius 2 is 2.20 bits per heavy atom. The molecule has 0 radical (unpaired) electrons. The van der Waals surface area contributed by atoms with Crippen LogP contribution in [0.15, 0.2) is 10.6 Å². The van der Waals surface area contributed by atoms with Crippen molar-refractivity contribution in [2.45, 2.75) is 45.6 Å². The molecule has 2 unspecified atom stereocenters. The highest BCUT2D eigenvalue weighted by Crippen LogP contribution is 2.25. The van der Waals surface area contributed by atoms with Gasteiger partial charge in [0.15, 0.2) is 5.69 Å². The fourth-order valence-electron chi connectivity index (χ4n) is 2.69. The lowest BCUT2D eigenvalue weighted by atomic mass is 9.97. The van der Waals surface area contributed by atoms with Crippen LogP contribution in [-0.4, -0.2) is 39.6 Å². The number of carbonyl (C=O) groups is 2. The third-order valence-electron chi connectivity index (χ3n) is 3.97. The highest BCUT2D eigenvalue weighted by Gasteiger charge is 2.34. The molecule has 1 amide bonds. The Bertz CT molecular complexity index is 497.